The Kier molecular flexibility index (Phi) is 8.96. The first-order valence-corrected chi connectivity index (χ1v) is 10.8. The molecule has 0 saturated carbocycles. The van der Waals surface area contributed by atoms with Crippen LogP contribution in [0.2, 0.25) is 0 Å². The molecule has 1 saturated heterocycles. The molecule has 0 aromatic heterocycles. The Morgan fingerprint density at radius 1 is 0.967 bits per heavy atom. The molecular formula is C24H34N2O4. The van der Waals surface area contributed by atoms with Crippen LogP contribution < -0.4 is 9.47 Å². The van der Waals surface area contributed by atoms with Gasteiger partial charge in [0.15, 0.2) is 0 Å². The molecule has 1 aliphatic heterocycles. The summed E-state index contributed by atoms with van der Waals surface area (Å²) in [5.74, 6) is 1.74. The van der Waals surface area contributed by atoms with E-state index >= 15 is 0 Å². The molecule has 0 aliphatic carbocycles. The summed E-state index contributed by atoms with van der Waals surface area (Å²) in [6.45, 7) is 7.70. The molecule has 30 heavy (non-hydrogen) atoms. The molecule has 3 rings (SSSR count). The van der Waals surface area contributed by atoms with Gasteiger partial charge >= 0.3 is 0 Å². The average molecular weight is 415 g/mol. The summed E-state index contributed by atoms with van der Waals surface area (Å²) in [6.07, 6.45) is 0.757. The number of piperazine rings is 1. The molecule has 164 valence electrons. The fraction of sp³-hybridized carbons (Fsp3) is 0.500. The lowest BCUT2D eigenvalue weighted by atomic mass is 10.1. The first-order valence-electron chi connectivity index (χ1n) is 10.8. The maximum atomic E-state index is 9.63. The van der Waals surface area contributed by atoms with Gasteiger partial charge in [-0.05, 0) is 37.1 Å². The molecule has 0 bridgehead atoms. The number of rotatable bonds is 11. The molecule has 0 spiro atoms. The fourth-order valence-corrected chi connectivity index (χ4v) is 4.04. The van der Waals surface area contributed by atoms with Crippen molar-refractivity contribution in [3.8, 4) is 11.5 Å². The van der Waals surface area contributed by atoms with E-state index in [0.717, 1.165) is 50.6 Å². The van der Waals surface area contributed by atoms with Gasteiger partial charge in [0.25, 0.3) is 0 Å². The lowest BCUT2D eigenvalue weighted by Gasteiger charge is -2.41. The second-order valence-electron chi connectivity index (χ2n) is 7.63. The van der Waals surface area contributed by atoms with Crippen LogP contribution in [0.5, 0.6) is 11.5 Å². The minimum atomic E-state index is 0.0153. The molecule has 1 aliphatic rings. The van der Waals surface area contributed by atoms with Crippen molar-refractivity contribution >= 4 is 0 Å². The Balaban J connectivity index is 1.62. The summed E-state index contributed by atoms with van der Waals surface area (Å²) in [5.41, 5.74) is 2.40. The van der Waals surface area contributed by atoms with Gasteiger partial charge in [-0.2, -0.15) is 0 Å². The van der Waals surface area contributed by atoms with Crippen LogP contribution in [-0.2, 0) is 13.1 Å². The number of hydrogen-bond donors (Lipinski definition) is 2. The summed E-state index contributed by atoms with van der Waals surface area (Å²) in [7, 11) is 0. The summed E-state index contributed by atoms with van der Waals surface area (Å²) in [4.78, 5) is 4.90. The van der Waals surface area contributed by atoms with Crippen molar-refractivity contribution in [2.75, 3.05) is 46.1 Å². The smallest absolute Gasteiger partial charge is 0.123 e. The zero-order valence-corrected chi connectivity index (χ0v) is 17.9. The normalized spacial score (nSPS) is 17.8. The van der Waals surface area contributed by atoms with Gasteiger partial charge in [0.1, 0.15) is 18.1 Å². The van der Waals surface area contributed by atoms with Crippen LogP contribution >= 0.6 is 0 Å². The van der Waals surface area contributed by atoms with Crippen LogP contribution in [0.4, 0.5) is 0 Å². The maximum absolute atomic E-state index is 9.63. The zero-order valence-electron chi connectivity index (χ0n) is 17.9. The number of aliphatic hydroxyl groups excluding tert-OH is 2. The maximum Gasteiger partial charge on any atom is 0.123 e. The predicted octanol–water partition coefficient (Wildman–Crippen LogP) is 2.53. The minimum Gasteiger partial charge on any atom is -0.494 e. The van der Waals surface area contributed by atoms with Gasteiger partial charge in [0.05, 0.1) is 13.2 Å². The SMILES string of the molecule is CCOc1ccccc1CN1CCN(Cc2cccc(OCCO)c2)CC1CCO. The predicted molar refractivity (Wildman–Crippen MR) is 118 cm³/mol. The third-order valence-corrected chi connectivity index (χ3v) is 5.46. The molecule has 0 radical (unpaired) electrons. The number of aliphatic hydroxyl groups is 2. The Morgan fingerprint density at radius 3 is 2.63 bits per heavy atom. The fourth-order valence-electron chi connectivity index (χ4n) is 4.04. The Labute approximate surface area is 179 Å². The quantitative estimate of drug-likeness (QED) is 0.589. The van der Waals surface area contributed by atoms with Crippen molar-refractivity contribution < 1.29 is 19.7 Å². The molecular weight excluding hydrogens is 380 g/mol. The lowest BCUT2D eigenvalue weighted by Crippen LogP contribution is -2.52. The van der Waals surface area contributed by atoms with Gasteiger partial charge in [-0.25, -0.2) is 0 Å². The summed E-state index contributed by atoms with van der Waals surface area (Å²) >= 11 is 0. The second-order valence-corrected chi connectivity index (χ2v) is 7.63. The Bertz CT molecular complexity index is 770. The highest BCUT2D eigenvalue weighted by atomic mass is 16.5. The van der Waals surface area contributed by atoms with Gasteiger partial charge in [-0.1, -0.05) is 30.3 Å². The van der Waals surface area contributed by atoms with E-state index < -0.39 is 0 Å². The van der Waals surface area contributed by atoms with Crippen LogP contribution in [0.1, 0.15) is 24.5 Å². The van der Waals surface area contributed by atoms with Crippen LogP contribution in [0.15, 0.2) is 48.5 Å². The summed E-state index contributed by atoms with van der Waals surface area (Å²) in [5, 5.41) is 18.6. The van der Waals surface area contributed by atoms with Crippen LogP contribution in [0.25, 0.3) is 0 Å². The van der Waals surface area contributed by atoms with Crippen molar-refractivity contribution in [1.29, 1.82) is 0 Å². The van der Waals surface area contributed by atoms with Crippen LogP contribution in [-0.4, -0.2) is 72.1 Å². The van der Waals surface area contributed by atoms with Gasteiger partial charge in [-0.3, -0.25) is 9.80 Å². The van der Waals surface area contributed by atoms with Crippen molar-refractivity contribution in [2.45, 2.75) is 32.5 Å². The summed E-state index contributed by atoms with van der Waals surface area (Å²) in [6, 6.07) is 16.6. The highest BCUT2D eigenvalue weighted by Gasteiger charge is 2.27. The number of para-hydroxylation sites is 1. The second kappa shape index (κ2) is 11.9. The molecule has 1 atom stereocenters. The van der Waals surface area contributed by atoms with E-state index in [2.05, 4.69) is 28.0 Å². The van der Waals surface area contributed by atoms with E-state index in [0.29, 0.717) is 19.3 Å². The van der Waals surface area contributed by atoms with Gasteiger partial charge in [0.2, 0.25) is 0 Å². The molecule has 1 heterocycles. The van der Waals surface area contributed by atoms with E-state index in [4.69, 9.17) is 14.6 Å². The third kappa shape index (κ3) is 6.44. The molecule has 2 N–H and O–H groups in total. The van der Waals surface area contributed by atoms with Crippen LogP contribution in [0.3, 0.4) is 0 Å². The molecule has 6 nitrogen and oxygen atoms in total. The standard InChI is InChI=1S/C24H34N2O4/c1-2-29-24-9-4-3-7-21(24)18-26-12-11-25(19-22(26)10-13-27)17-20-6-5-8-23(16-20)30-15-14-28/h3-9,16,22,27-28H,2,10-15,17-19H2,1H3. The van der Waals surface area contributed by atoms with Crippen molar-refractivity contribution in [3.63, 3.8) is 0 Å². The van der Waals surface area contributed by atoms with E-state index in [1.807, 2.05) is 37.3 Å². The molecule has 2 aromatic rings. The van der Waals surface area contributed by atoms with E-state index in [-0.39, 0.29) is 13.2 Å². The van der Waals surface area contributed by atoms with Crippen LogP contribution in [0, 0.1) is 0 Å². The van der Waals surface area contributed by atoms with Gasteiger partial charge < -0.3 is 19.7 Å². The number of hydrogen-bond acceptors (Lipinski definition) is 6. The summed E-state index contributed by atoms with van der Waals surface area (Å²) < 4.78 is 11.3. The van der Waals surface area contributed by atoms with Crippen molar-refractivity contribution in [3.05, 3.63) is 59.7 Å². The van der Waals surface area contributed by atoms with Gasteiger partial charge in [-0.15, -0.1) is 0 Å². The molecule has 1 unspecified atom stereocenters. The molecule has 2 aromatic carbocycles. The molecule has 1 fully saturated rings. The first-order chi connectivity index (χ1) is 14.7. The topological polar surface area (TPSA) is 65.4 Å². The highest BCUT2D eigenvalue weighted by molar-refractivity contribution is 5.33. The van der Waals surface area contributed by atoms with Gasteiger partial charge in [0, 0.05) is 50.9 Å². The monoisotopic (exact) mass is 414 g/mol. The largest absolute Gasteiger partial charge is 0.494 e. The zero-order chi connectivity index (χ0) is 21.2. The van der Waals surface area contributed by atoms with Crippen molar-refractivity contribution in [1.82, 2.24) is 9.80 Å². The minimum absolute atomic E-state index is 0.0153. The number of ether oxygens (including phenoxy) is 2. The highest BCUT2D eigenvalue weighted by Crippen LogP contribution is 2.24. The molecule has 0 amide bonds. The average Bonchev–Trinajstić information content (AvgIpc) is 2.76. The lowest BCUT2D eigenvalue weighted by molar-refractivity contribution is 0.0494. The Morgan fingerprint density at radius 2 is 1.83 bits per heavy atom. The Hall–Kier alpha value is -2.12. The first kappa shape index (κ1) is 22.6. The number of nitrogens with zero attached hydrogens (tertiary/aromatic N) is 2. The van der Waals surface area contributed by atoms with E-state index in [9.17, 15) is 5.11 Å². The van der Waals surface area contributed by atoms with E-state index in [1.165, 1.54) is 11.1 Å². The number of benzene rings is 2. The van der Waals surface area contributed by atoms with Crippen molar-refractivity contribution in [2.24, 2.45) is 0 Å². The molecule has 6 heteroatoms. The van der Waals surface area contributed by atoms with E-state index in [1.54, 1.807) is 0 Å². The third-order valence-electron chi connectivity index (χ3n) is 5.46.